The second-order valence-corrected chi connectivity index (χ2v) is 8.83. The van der Waals surface area contributed by atoms with E-state index in [0.717, 1.165) is 37.1 Å². The molecule has 1 N–H and O–H groups in total. The Morgan fingerprint density at radius 3 is 2.50 bits per heavy atom. The van der Waals surface area contributed by atoms with E-state index in [-0.39, 0.29) is 17.6 Å². The molecule has 1 fully saturated rings. The highest BCUT2D eigenvalue weighted by molar-refractivity contribution is 7.88. The maximum Gasteiger partial charge on any atom is 0.240 e. The second kappa shape index (κ2) is 8.12. The largest absolute Gasteiger partial charge is 0.341 e. The normalized spacial score (nSPS) is 16.6. The van der Waals surface area contributed by atoms with Gasteiger partial charge >= 0.3 is 0 Å². The molecule has 1 aromatic carbocycles. The van der Waals surface area contributed by atoms with Gasteiger partial charge in [-0.1, -0.05) is 43.7 Å². The smallest absolute Gasteiger partial charge is 0.240 e. The van der Waals surface area contributed by atoms with Crippen LogP contribution in [0.1, 0.15) is 44.2 Å². The number of sulfonamides is 1. The Balaban J connectivity index is 2.10. The molecular weight excluding hydrogens is 324 g/mol. The Labute approximate surface area is 145 Å². The molecule has 0 saturated carbocycles. The van der Waals surface area contributed by atoms with Gasteiger partial charge in [0.05, 0.1) is 5.75 Å². The maximum atomic E-state index is 12.7. The molecule has 0 unspecified atom stereocenters. The van der Waals surface area contributed by atoms with Gasteiger partial charge in [0.25, 0.3) is 0 Å². The molecule has 1 atom stereocenters. The van der Waals surface area contributed by atoms with Crippen molar-refractivity contribution in [3.05, 3.63) is 35.4 Å². The maximum absolute atomic E-state index is 12.7. The fourth-order valence-electron chi connectivity index (χ4n) is 3.11. The highest BCUT2D eigenvalue weighted by Gasteiger charge is 2.30. The molecule has 0 aromatic heterocycles. The minimum atomic E-state index is -3.57. The summed E-state index contributed by atoms with van der Waals surface area (Å²) in [5.74, 6) is 0.0496. The summed E-state index contributed by atoms with van der Waals surface area (Å²) in [6.45, 7) is 7.39. The van der Waals surface area contributed by atoms with Crippen molar-refractivity contribution in [2.75, 3.05) is 13.1 Å². The topological polar surface area (TPSA) is 66.5 Å². The van der Waals surface area contributed by atoms with Crippen LogP contribution < -0.4 is 4.72 Å². The van der Waals surface area contributed by atoms with Gasteiger partial charge < -0.3 is 4.90 Å². The minimum absolute atomic E-state index is 0.0889. The van der Waals surface area contributed by atoms with E-state index in [0.29, 0.717) is 6.42 Å². The van der Waals surface area contributed by atoms with Crippen molar-refractivity contribution in [3.63, 3.8) is 0 Å². The van der Waals surface area contributed by atoms with Gasteiger partial charge in [-0.05, 0) is 37.7 Å². The zero-order valence-electron chi connectivity index (χ0n) is 14.8. The van der Waals surface area contributed by atoms with Crippen LogP contribution in [0.15, 0.2) is 24.3 Å². The monoisotopic (exact) mass is 352 g/mol. The highest BCUT2D eigenvalue weighted by atomic mass is 32.2. The third-order valence-corrected chi connectivity index (χ3v) is 5.54. The van der Waals surface area contributed by atoms with Gasteiger partial charge in [0.2, 0.25) is 15.9 Å². The molecule has 0 radical (unpaired) electrons. The van der Waals surface area contributed by atoms with Gasteiger partial charge in [-0.25, -0.2) is 13.1 Å². The number of carbonyl (C=O) groups is 1. The van der Waals surface area contributed by atoms with Gasteiger partial charge in [0.15, 0.2) is 0 Å². The third kappa shape index (κ3) is 5.60. The van der Waals surface area contributed by atoms with Crippen LogP contribution in [-0.2, 0) is 20.6 Å². The van der Waals surface area contributed by atoms with Crippen molar-refractivity contribution >= 4 is 15.9 Å². The molecule has 2 rings (SSSR count). The van der Waals surface area contributed by atoms with E-state index in [2.05, 4.69) is 4.72 Å². The Morgan fingerprint density at radius 2 is 1.92 bits per heavy atom. The Morgan fingerprint density at radius 1 is 1.25 bits per heavy atom. The summed E-state index contributed by atoms with van der Waals surface area (Å²) in [6, 6.07) is 6.77. The van der Waals surface area contributed by atoms with Gasteiger partial charge in [0, 0.05) is 13.1 Å². The van der Waals surface area contributed by atoms with Crippen LogP contribution in [0.5, 0.6) is 0 Å². The molecule has 6 heteroatoms. The summed E-state index contributed by atoms with van der Waals surface area (Å²) < 4.78 is 27.7. The van der Waals surface area contributed by atoms with Crippen LogP contribution in [-0.4, -0.2) is 38.4 Å². The molecule has 0 bridgehead atoms. The molecule has 1 heterocycles. The van der Waals surface area contributed by atoms with Crippen molar-refractivity contribution < 1.29 is 13.2 Å². The summed E-state index contributed by atoms with van der Waals surface area (Å²) in [4.78, 5) is 14.4. The predicted octanol–water partition coefficient (Wildman–Crippen LogP) is 2.45. The first-order valence-corrected chi connectivity index (χ1v) is 10.3. The molecule has 24 heavy (non-hydrogen) atoms. The Bertz CT molecular complexity index is 665. The third-order valence-electron chi connectivity index (χ3n) is 4.18. The van der Waals surface area contributed by atoms with Crippen LogP contribution in [0.2, 0.25) is 0 Å². The number of carbonyl (C=O) groups excluding carboxylic acids is 1. The molecular formula is C18H28N2O3S. The van der Waals surface area contributed by atoms with Crippen LogP contribution in [0.25, 0.3) is 0 Å². The zero-order valence-corrected chi connectivity index (χ0v) is 15.6. The number of hydrogen-bond donors (Lipinski definition) is 1. The number of hydrogen-bond acceptors (Lipinski definition) is 3. The number of nitrogens with zero attached hydrogens (tertiary/aromatic N) is 1. The zero-order chi connectivity index (χ0) is 17.7. The molecule has 1 aliphatic rings. The van der Waals surface area contributed by atoms with Gasteiger partial charge in [-0.2, -0.15) is 0 Å². The van der Waals surface area contributed by atoms with Crippen molar-refractivity contribution in [2.45, 2.75) is 51.8 Å². The van der Waals surface area contributed by atoms with E-state index < -0.39 is 16.1 Å². The van der Waals surface area contributed by atoms with Gasteiger partial charge in [0.1, 0.15) is 6.04 Å². The Hall–Kier alpha value is -1.40. The number of aryl methyl sites for hydroxylation is 1. The standard InChI is InChI=1S/C18H28N2O3S/c1-14(2)11-17(18(21)20-9-4-5-10-20)19-24(22,23)13-16-8-6-7-15(3)12-16/h6-8,12,14,17,19H,4-5,9-11,13H2,1-3H3/t17-/m0/s1. The van der Waals surface area contributed by atoms with Gasteiger partial charge in [-0.15, -0.1) is 0 Å². The summed E-state index contributed by atoms with van der Waals surface area (Å²) in [6.07, 6.45) is 2.51. The molecule has 0 aliphatic carbocycles. The molecule has 1 aliphatic heterocycles. The number of likely N-dealkylation sites (tertiary alicyclic amines) is 1. The van der Waals surface area contributed by atoms with Crippen LogP contribution in [0.3, 0.4) is 0 Å². The lowest BCUT2D eigenvalue weighted by Gasteiger charge is -2.25. The number of nitrogens with one attached hydrogen (secondary N) is 1. The average molecular weight is 353 g/mol. The molecule has 1 amide bonds. The van der Waals surface area contributed by atoms with E-state index in [1.165, 1.54) is 0 Å². The lowest BCUT2D eigenvalue weighted by Crippen LogP contribution is -2.48. The first-order valence-electron chi connectivity index (χ1n) is 8.61. The first-order chi connectivity index (χ1) is 11.3. The molecule has 1 saturated heterocycles. The second-order valence-electron chi connectivity index (χ2n) is 7.08. The van der Waals surface area contributed by atoms with Crippen molar-refractivity contribution in [1.29, 1.82) is 0 Å². The Kier molecular flexibility index (Phi) is 6.40. The van der Waals surface area contributed by atoms with Crippen molar-refractivity contribution in [1.82, 2.24) is 9.62 Å². The lowest BCUT2D eigenvalue weighted by atomic mass is 10.0. The minimum Gasteiger partial charge on any atom is -0.341 e. The van der Waals surface area contributed by atoms with E-state index >= 15 is 0 Å². The molecule has 1 aromatic rings. The fourth-order valence-corrected chi connectivity index (χ4v) is 4.44. The van der Waals surface area contributed by atoms with Crippen LogP contribution in [0, 0.1) is 12.8 Å². The number of benzene rings is 1. The van der Waals surface area contributed by atoms with Crippen molar-refractivity contribution in [3.8, 4) is 0 Å². The van der Waals surface area contributed by atoms with E-state index in [9.17, 15) is 13.2 Å². The van der Waals surface area contributed by atoms with E-state index in [4.69, 9.17) is 0 Å². The highest BCUT2D eigenvalue weighted by Crippen LogP contribution is 2.15. The average Bonchev–Trinajstić information content (AvgIpc) is 2.98. The van der Waals surface area contributed by atoms with E-state index in [1.54, 1.807) is 11.0 Å². The van der Waals surface area contributed by atoms with Crippen LogP contribution in [0.4, 0.5) is 0 Å². The van der Waals surface area contributed by atoms with Crippen molar-refractivity contribution in [2.24, 2.45) is 5.92 Å². The summed E-state index contributed by atoms with van der Waals surface area (Å²) in [7, 11) is -3.57. The predicted molar refractivity (Wildman–Crippen MR) is 96.0 cm³/mol. The SMILES string of the molecule is Cc1cccc(CS(=O)(=O)N[C@@H](CC(C)C)C(=O)N2CCCC2)c1. The molecule has 5 nitrogen and oxygen atoms in total. The summed E-state index contributed by atoms with van der Waals surface area (Å²) in [5.41, 5.74) is 1.76. The summed E-state index contributed by atoms with van der Waals surface area (Å²) in [5, 5.41) is 0. The molecule has 134 valence electrons. The van der Waals surface area contributed by atoms with E-state index in [1.807, 2.05) is 39.0 Å². The first kappa shape index (κ1) is 18.9. The van der Waals surface area contributed by atoms with Gasteiger partial charge in [-0.3, -0.25) is 4.79 Å². The fraction of sp³-hybridized carbons (Fsp3) is 0.611. The lowest BCUT2D eigenvalue weighted by molar-refractivity contribution is -0.132. The van der Waals surface area contributed by atoms with Crippen LogP contribution >= 0.6 is 0 Å². The number of rotatable bonds is 7. The molecule has 0 spiro atoms. The quantitative estimate of drug-likeness (QED) is 0.820. The summed E-state index contributed by atoms with van der Waals surface area (Å²) >= 11 is 0. The number of amides is 1.